The van der Waals surface area contributed by atoms with Crippen molar-refractivity contribution in [2.24, 2.45) is 0 Å². The highest BCUT2D eigenvalue weighted by atomic mass is 35.5. The lowest BCUT2D eigenvalue weighted by Gasteiger charge is -2.25. The Kier molecular flexibility index (Phi) is 4.84. The molecular weight excluding hydrogens is 386 g/mol. The molecule has 1 N–H and O–H groups in total. The molecule has 1 fully saturated rings. The van der Waals surface area contributed by atoms with Crippen LogP contribution < -0.4 is 5.32 Å². The lowest BCUT2D eigenvalue weighted by molar-refractivity contribution is 0.346. The van der Waals surface area contributed by atoms with E-state index in [0.29, 0.717) is 29.2 Å². The predicted octanol–water partition coefficient (Wildman–Crippen LogP) is 4.71. The molecule has 8 heteroatoms. The molecule has 0 saturated carbocycles. The monoisotopic (exact) mass is 405 g/mol. The number of hydrogen-bond acceptors (Lipinski definition) is 5. The van der Waals surface area contributed by atoms with Gasteiger partial charge in [-0.05, 0) is 49.6 Å². The van der Waals surface area contributed by atoms with Gasteiger partial charge < -0.3 is 9.73 Å². The first kappa shape index (κ1) is 18.3. The second-order valence-electron chi connectivity index (χ2n) is 6.70. The van der Waals surface area contributed by atoms with Crippen molar-refractivity contribution < 1.29 is 12.8 Å². The number of hydrogen-bond donors (Lipinski definition) is 1. The highest BCUT2D eigenvalue weighted by molar-refractivity contribution is 7.89. The van der Waals surface area contributed by atoms with Crippen LogP contribution >= 0.6 is 11.6 Å². The molecule has 1 saturated heterocycles. The molecule has 1 aliphatic rings. The lowest BCUT2D eigenvalue weighted by atomic mass is 10.2. The van der Waals surface area contributed by atoms with Gasteiger partial charge >= 0.3 is 0 Å². The van der Waals surface area contributed by atoms with Crippen molar-refractivity contribution in [3.05, 3.63) is 47.0 Å². The molecule has 0 spiro atoms. The Hall–Kier alpha value is -2.09. The van der Waals surface area contributed by atoms with E-state index in [0.717, 1.165) is 30.5 Å². The Balaban J connectivity index is 1.62. The Morgan fingerprint density at radius 2 is 1.89 bits per heavy atom. The summed E-state index contributed by atoms with van der Waals surface area (Å²) in [5, 5.41) is 3.71. The summed E-state index contributed by atoms with van der Waals surface area (Å²) in [5.41, 5.74) is 2.74. The zero-order valence-corrected chi connectivity index (χ0v) is 16.5. The molecule has 3 aromatic rings. The molecule has 0 bridgehead atoms. The van der Waals surface area contributed by atoms with Gasteiger partial charge in [0.15, 0.2) is 5.58 Å². The SMILES string of the molecule is Cc1ccc(Nc2nc3ccc(S(=O)(=O)N4CCCCC4)cc3o2)cc1Cl. The fourth-order valence-corrected chi connectivity index (χ4v) is 4.88. The molecule has 0 atom stereocenters. The van der Waals surface area contributed by atoms with Crippen LogP contribution in [0.1, 0.15) is 24.8 Å². The Morgan fingerprint density at radius 3 is 2.63 bits per heavy atom. The molecule has 0 aliphatic carbocycles. The van der Waals surface area contributed by atoms with Crippen LogP contribution in [-0.2, 0) is 10.0 Å². The summed E-state index contributed by atoms with van der Waals surface area (Å²) >= 11 is 6.14. The summed E-state index contributed by atoms with van der Waals surface area (Å²) in [7, 11) is -3.51. The van der Waals surface area contributed by atoms with E-state index in [2.05, 4.69) is 10.3 Å². The number of benzene rings is 2. The van der Waals surface area contributed by atoms with Crippen LogP contribution in [0.15, 0.2) is 45.7 Å². The Bertz CT molecular complexity index is 1090. The van der Waals surface area contributed by atoms with Gasteiger partial charge in [0.05, 0.1) is 4.90 Å². The third-order valence-corrected chi connectivity index (χ3v) is 7.04. The molecule has 2 aromatic carbocycles. The van der Waals surface area contributed by atoms with Crippen molar-refractivity contribution >= 4 is 44.4 Å². The van der Waals surface area contributed by atoms with Crippen LogP contribution in [0, 0.1) is 6.92 Å². The minimum absolute atomic E-state index is 0.234. The molecule has 1 aromatic heterocycles. The number of sulfonamides is 1. The number of oxazole rings is 1. The molecule has 0 amide bonds. The van der Waals surface area contributed by atoms with Gasteiger partial charge in [-0.2, -0.15) is 9.29 Å². The summed E-state index contributed by atoms with van der Waals surface area (Å²) in [4.78, 5) is 4.60. The average Bonchev–Trinajstić information content (AvgIpc) is 3.07. The molecule has 1 aliphatic heterocycles. The van der Waals surface area contributed by atoms with Crippen molar-refractivity contribution in [1.29, 1.82) is 0 Å². The summed E-state index contributed by atoms with van der Waals surface area (Å²) in [5.74, 6) is 0. The van der Waals surface area contributed by atoms with Crippen LogP contribution in [0.3, 0.4) is 0 Å². The predicted molar refractivity (Wildman–Crippen MR) is 106 cm³/mol. The highest BCUT2D eigenvalue weighted by Crippen LogP contribution is 2.28. The first-order chi connectivity index (χ1) is 12.9. The van der Waals surface area contributed by atoms with Crippen LogP contribution in [0.4, 0.5) is 11.7 Å². The molecule has 0 unspecified atom stereocenters. The first-order valence-electron chi connectivity index (χ1n) is 8.87. The quantitative estimate of drug-likeness (QED) is 0.680. The molecular formula is C19H20ClN3O3S. The van der Waals surface area contributed by atoms with Crippen LogP contribution in [0.5, 0.6) is 0 Å². The van der Waals surface area contributed by atoms with Gasteiger partial charge in [-0.15, -0.1) is 0 Å². The maximum absolute atomic E-state index is 12.8. The minimum atomic E-state index is -3.51. The van der Waals surface area contributed by atoms with E-state index >= 15 is 0 Å². The molecule has 4 rings (SSSR count). The molecule has 27 heavy (non-hydrogen) atoms. The van der Waals surface area contributed by atoms with Gasteiger partial charge in [-0.3, -0.25) is 0 Å². The maximum Gasteiger partial charge on any atom is 0.300 e. The average molecular weight is 406 g/mol. The van der Waals surface area contributed by atoms with Crippen LogP contribution in [0.25, 0.3) is 11.1 Å². The van der Waals surface area contributed by atoms with Crippen molar-refractivity contribution in [1.82, 2.24) is 9.29 Å². The van der Waals surface area contributed by atoms with Gasteiger partial charge in [-0.25, -0.2) is 8.42 Å². The fourth-order valence-electron chi connectivity index (χ4n) is 3.17. The zero-order chi connectivity index (χ0) is 19.0. The topological polar surface area (TPSA) is 75.4 Å². The zero-order valence-electron chi connectivity index (χ0n) is 14.9. The summed E-state index contributed by atoms with van der Waals surface area (Å²) in [6.07, 6.45) is 2.87. The second-order valence-corrected chi connectivity index (χ2v) is 9.05. The first-order valence-corrected chi connectivity index (χ1v) is 10.7. The van der Waals surface area contributed by atoms with Gasteiger partial charge in [0.2, 0.25) is 10.0 Å². The third-order valence-electron chi connectivity index (χ3n) is 4.74. The summed E-state index contributed by atoms with van der Waals surface area (Å²) < 4.78 is 32.9. The van der Waals surface area contributed by atoms with Gasteiger partial charge in [0.25, 0.3) is 6.01 Å². The fraction of sp³-hybridized carbons (Fsp3) is 0.316. The number of nitrogens with one attached hydrogen (secondary N) is 1. The molecule has 2 heterocycles. The normalized spacial score (nSPS) is 15.9. The minimum Gasteiger partial charge on any atom is -0.423 e. The van der Waals surface area contributed by atoms with Crippen molar-refractivity contribution in [2.45, 2.75) is 31.1 Å². The third kappa shape index (κ3) is 3.67. The Labute approximate surface area is 163 Å². The van der Waals surface area contributed by atoms with Crippen molar-refractivity contribution in [3.8, 4) is 0 Å². The van der Waals surface area contributed by atoms with Gasteiger partial charge in [-0.1, -0.05) is 24.1 Å². The van der Waals surface area contributed by atoms with E-state index in [4.69, 9.17) is 16.0 Å². The van der Waals surface area contributed by atoms with Crippen LogP contribution in [-0.4, -0.2) is 30.8 Å². The number of halogens is 1. The molecule has 6 nitrogen and oxygen atoms in total. The van der Waals surface area contributed by atoms with E-state index in [9.17, 15) is 8.42 Å². The number of piperidine rings is 1. The number of fused-ring (bicyclic) bond motifs is 1. The molecule has 0 radical (unpaired) electrons. The number of anilines is 2. The standard InChI is InChI=1S/C19H20ClN3O3S/c1-13-5-6-14(11-16(13)20)21-19-22-17-8-7-15(12-18(17)26-19)27(24,25)23-9-3-2-4-10-23/h5-8,11-12H,2-4,9-10H2,1H3,(H,21,22). The lowest BCUT2D eigenvalue weighted by Crippen LogP contribution is -2.35. The summed E-state index contributed by atoms with van der Waals surface area (Å²) in [6, 6.07) is 10.7. The van der Waals surface area contributed by atoms with Gasteiger partial charge in [0.1, 0.15) is 5.52 Å². The number of aromatic nitrogens is 1. The van der Waals surface area contributed by atoms with E-state index < -0.39 is 10.0 Å². The summed E-state index contributed by atoms with van der Waals surface area (Å²) in [6.45, 7) is 3.06. The van der Waals surface area contributed by atoms with E-state index in [1.807, 2.05) is 19.1 Å². The van der Waals surface area contributed by atoms with E-state index in [1.165, 1.54) is 0 Å². The van der Waals surface area contributed by atoms with E-state index in [1.54, 1.807) is 28.6 Å². The second kappa shape index (κ2) is 7.14. The van der Waals surface area contributed by atoms with Crippen LogP contribution in [0.2, 0.25) is 5.02 Å². The maximum atomic E-state index is 12.8. The number of aryl methyl sites for hydroxylation is 1. The smallest absolute Gasteiger partial charge is 0.300 e. The van der Waals surface area contributed by atoms with E-state index in [-0.39, 0.29) is 10.9 Å². The Morgan fingerprint density at radius 1 is 1.11 bits per heavy atom. The molecule has 142 valence electrons. The number of nitrogens with zero attached hydrogens (tertiary/aromatic N) is 2. The van der Waals surface area contributed by atoms with Crippen molar-refractivity contribution in [3.63, 3.8) is 0 Å². The van der Waals surface area contributed by atoms with Crippen molar-refractivity contribution in [2.75, 3.05) is 18.4 Å². The largest absolute Gasteiger partial charge is 0.423 e. The van der Waals surface area contributed by atoms with Gasteiger partial charge in [0, 0.05) is 29.9 Å². The number of rotatable bonds is 4. The highest BCUT2D eigenvalue weighted by Gasteiger charge is 2.26.